The van der Waals surface area contributed by atoms with Crippen LogP contribution in [-0.2, 0) is 21.4 Å². The second kappa shape index (κ2) is 8.82. The number of rotatable bonds is 8. The highest BCUT2D eigenvalue weighted by atomic mass is 32.2. The van der Waals surface area contributed by atoms with Crippen LogP contribution in [0.5, 0.6) is 5.75 Å². The molecule has 2 aromatic carbocycles. The first-order valence-corrected chi connectivity index (χ1v) is 9.75. The van der Waals surface area contributed by atoms with E-state index in [0.717, 1.165) is 11.1 Å². The van der Waals surface area contributed by atoms with Gasteiger partial charge in [0.2, 0.25) is 15.9 Å². The second-order valence-electron chi connectivity index (χ2n) is 6.00. The van der Waals surface area contributed by atoms with Gasteiger partial charge in [0.05, 0.1) is 12.0 Å². The molecule has 1 amide bonds. The lowest BCUT2D eigenvalue weighted by molar-refractivity contribution is -0.129. The molecule has 140 valence electrons. The molecule has 6 nitrogen and oxygen atoms in total. The number of hydrogen-bond acceptors (Lipinski definition) is 4. The molecule has 0 bridgehead atoms. The molecule has 0 saturated heterocycles. The van der Waals surface area contributed by atoms with Crippen molar-refractivity contribution in [2.24, 2.45) is 0 Å². The van der Waals surface area contributed by atoms with Crippen molar-refractivity contribution >= 4 is 15.9 Å². The number of hydrogen-bond donors (Lipinski definition) is 1. The molecule has 2 aromatic rings. The standard InChI is InChI=1S/C19H24N2O4S/c1-15-4-6-17(7-5-15)14-21(16(2)22)13-12-20-26(23,24)19-10-8-18(25-3)9-11-19/h4-11,20H,12-14H2,1-3H3. The van der Waals surface area contributed by atoms with Gasteiger partial charge in [0.15, 0.2) is 0 Å². The molecule has 26 heavy (non-hydrogen) atoms. The molecule has 0 radical (unpaired) electrons. The summed E-state index contributed by atoms with van der Waals surface area (Å²) in [6, 6.07) is 14.0. The summed E-state index contributed by atoms with van der Waals surface area (Å²) in [5.74, 6) is 0.485. The van der Waals surface area contributed by atoms with Crippen LogP contribution in [0.1, 0.15) is 18.1 Å². The van der Waals surface area contributed by atoms with Crippen LogP contribution >= 0.6 is 0 Å². The summed E-state index contributed by atoms with van der Waals surface area (Å²) in [6.45, 7) is 4.35. The van der Waals surface area contributed by atoms with E-state index in [1.165, 1.54) is 26.2 Å². The second-order valence-corrected chi connectivity index (χ2v) is 7.77. The summed E-state index contributed by atoms with van der Waals surface area (Å²) < 4.78 is 32.2. The number of carbonyl (C=O) groups is 1. The highest BCUT2D eigenvalue weighted by Gasteiger charge is 2.15. The lowest BCUT2D eigenvalue weighted by Gasteiger charge is -2.21. The number of aryl methyl sites for hydroxylation is 1. The number of ether oxygens (including phenoxy) is 1. The van der Waals surface area contributed by atoms with Gasteiger partial charge in [-0.2, -0.15) is 0 Å². The number of carbonyl (C=O) groups excluding carboxylic acids is 1. The van der Waals surface area contributed by atoms with Crippen molar-refractivity contribution in [3.63, 3.8) is 0 Å². The number of methoxy groups -OCH3 is 1. The zero-order chi connectivity index (χ0) is 19.2. The predicted octanol–water partition coefficient (Wildman–Crippen LogP) is 2.33. The molecule has 1 N–H and O–H groups in total. The zero-order valence-corrected chi connectivity index (χ0v) is 16.0. The monoisotopic (exact) mass is 376 g/mol. The fourth-order valence-corrected chi connectivity index (χ4v) is 3.44. The first-order valence-electron chi connectivity index (χ1n) is 8.26. The van der Waals surface area contributed by atoms with Gasteiger partial charge in [0.25, 0.3) is 0 Å². The van der Waals surface area contributed by atoms with Crippen molar-refractivity contribution in [1.29, 1.82) is 0 Å². The summed E-state index contributed by atoms with van der Waals surface area (Å²) in [4.78, 5) is 13.6. The molecular formula is C19H24N2O4S. The Bertz CT molecular complexity index is 831. The zero-order valence-electron chi connectivity index (χ0n) is 15.2. The summed E-state index contributed by atoms with van der Waals surface area (Å²) in [6.07, 6.45) is 0. The van der Waals surface area contributed by atoms with Gasteiger partial charge in [0.1, 0.15) is 5.75 Å². The van der Waals surface area contributed by atoms with E-state index in [0.29, 0.717) is 18.8 Å². The van der Waals surface area contributed by atoms with Crippen LogP contribution in [0.3, 0.4) is 0 Å². The van der Waals surface area contributed by atoms with E-state index in [9.17, 15) is 13.2 Å². The van der Waals surface area contributed by atoms with Gasteiger partial charge in [-0.1, -0.05) is 29.8 Å². The Morgan fingerprint density at radius 2 is 1.69 bits per heavy atom. The Hall–Kier alpha value is -2.38. The van der Waals surface area contributed by atoms with Gasteiger partial charge in [-0.15, -0.1) is 0 Å². The van der Waals surface area contributed by atoms with E-state index in [1.54, 1.807) is 17.0 Å². The Morgan fingerprint density at radius 1 is 1.08 bits per heavy atom. The summed E-state index contributed by atoms with van der Waals surface area (Å²) in [5, 5.41) is 0. The molecule has 7 heteroatoms. The molecule has 0 fully saturated rings. The summed E-state index contributed by atoms with van der Waals surface area (Å²) in [5.41, 5.74) is 2.15. The maximum absolute atomic E-state index is 12.3. The van der Waals surface area contributed by atoms with Gasteiger partial charge in [-0.3, -0.25) is 4.79 Å². The molecule has 0 unspecified atom stereocenters. The molecule has 0 aliphatic rings. The topological polar surface area (TPSA) is 75.7 Å². The maximum Gasteiger partial charge on any atom is 0.240 e. The Balaban J connectivity index is 1.95. The molecule has 0 spiro atoms. The number of sulfonamides is 1. The lowest BCUT2D eigenvalue weighted by atomic mass is 10.1. The van der Waals surface area contributed by atoms with E-state index in [4.69, 9.17) is 4.74 Å². The Morgan fingerprint density at radius 3 is 2.23 bits per heavy atom. The molecule has 0 aromatic heterocycles. The van der Waals surface area contributed by atoms with E-state index in [-0.39, 0.29) is 17.3 Å². The maximum atomic E-state index is 12.3. The first kappa shape index (κ1) is 19.9. The molecule has 0 aliphatic carbocycles. The van der Waals surface area contributed by atoms with E-state index in [2.05, 4.69) is 4.72 Å². The highest BCUT2D eigenvalue weighted by molar-refractivity contribution is 7.89. The fourth-order valence-electron chi connectivity index (χ4n) is 2.41. The number of nitrogens with zero attached hydrogens (tertiary/aromatic N) is 1. The van der Waals surface area contributed by atoms with Gasteiger partial charge in [-0.05, 0) is 36.8 Å². The Labute approximate surface area is 154 Å². The molecule has 0 heterocycles. The molecular weight excluding hydrogens is 352 g/mol. The average molecular weight is 376 g/mol. The Kier molecular flexibility index (Phi) is 6.76. The van der Waals surface area contributed by atoms with Crippen LogP contribution in [0.4, 0.5) is 0 Å². The normalized spacial score (nSPS) is 11.2. The van der Waals surface area contributed by atoms with Gasteiger partial charge in [0, 0.05) is 26.6 Å². The first-order chi connectivity index (χ1) is 12.3. The minimum absolute atomic E-state index is 0.103. The van der Waals surface area contributed by atoms with Gasteiger partial charge in [-0.25, -0.2) is 13.1 Å². The van der Waals surface area contributed by atoms with E-state index < -0.39 is 10.0 Å². The third kappa shape index (κ3) is 5.57. The molecule has 0 aliphatic heterocycles. The third-order valence-corrected chi connectivity index (χ3v) is 5.46. The van der Waals surface area contributed by atoms with Crippen LogP contribution in [0.25, 0.3) is 0 Å². The quantitative estimate of drug-likeness (QED) is 0.767. The summed E-state index contributed by atoms with van der Waals surface area (Å²) >= 11 is 0. The number of benzene rings is 2. The molecule has 2 rings (SSSR count). The van der Waals surface area contributed by atoms with E-state index in [1.807, 2.05) is 31.2 Å². The largest absolute Gasteiger partial charge is 0.497 e. The van der Waals surface area contributed by atoms with Crippen molar-refractivity contribution in [2.45, 2.75) is 25.3 Å². The summed E-state index contributed by atoms with van der Waals surface area (Å²) in [7, 11) is -2.11. The number of nitrogens with one attached hydrogen (secondary N) is 1. The van der Waals surface area contributed by atoms with Crippen molar-refractivity contribution in [2.75, 3.05) is 20.2 Å². The van der Waals surface area contributed by atoms with Crippen molar-refractivity contribution < 1.29 is 17.9 Å². The van der Waals surface area contributed by atoms with Crippen molar-refractivity contribution in [3.8, 4) is 5.75 Å². The predicted molar refractivity (Wildman–Crippen MR) is 100 cm³/mol. The fraction of sp³-hybridized carbons (Fsp3) is 0.316. The van der Waals surface area contributed by atoms with E-state index >= 15 is 0 Å². The minimum atomic E-state index is -3.63. The smallest absolute Gasteiger partial charge is 0.240 e. The van der Waals surface area contributed by atoms with Crippen LogP contribution in [0, 0.1) is 6.92 Å². The molecule has 0 atom stereocenters. The van der Waals surface area contributed by atoms with Crippen LogP contribution in [0.2, 0.25) is 0 Å². The third-order valence-electron chi connectivity index (χ3n) is 3.98. The van der Waals surface area contributed by atoms with Crippen molar-refractivity contribution in [1.82, 2.24) is 9.62 Å². The van der Waals surface area contributed by atoms with Crippen molar-refractivity contribution in [3.05, 3.63) is 59.7 Å². The number of amides is 1. The average Bonchev–Trinajstić information content (AvgIpc) is 2.62. The van der Waals surface area contributed by atoms with Gasteiger partial charge < -0.3 is 9.64 Å². The van der Waals surface area contributed by atoms with Crippen LogP contribution in [-0.4, -0.2) is 39.4 Å². The molecule has 0 saturated carbocycles. The van der Waals surface area contributed by atoms with Gasteiger partial charge >= 0.3 is 0 Å². The minimum Gasteiger partial charge on any atom is -0.497 e. The lowest BCUT2D eigenvalue weighted by Crippen LogP contribution is -2.37. The highest BCUT2D eigenvalue weighted by Crippen LogP contribution is 2.15. The van der Waals surface area contributed by atoms with Crippen LogP contribution in [0.15, 0.2) is 53.4 Å². The SMILES string of the molecule is COc1ccc(S(=O)(=O)NCCN(Cc2ccc(C)cc2)C(C)=O)cc1. The van der Waals surface area contributed by atoms with Crippen LogP contribution < -0.4 is 9.46 Å².